The Bertz CT molecular complexity index is 285. The van der Waals surface area contributed by atoms with Gasteiger partial charge in [-0.05, 0) is 25.7 Å². The fourth-order valence-electron chi connectivity index (χ4n) is 2.08. The maximum Gasteiger partial charge on any atom is 0.304 e. The standard InChI is InChI=1S/C11H21NO4S/c1-9-6-4-5-7-12(10(9)2)11(13)8-16-17(14)15-3/h9-10H,4-8H2,1-3H3. The van der Waals surface area contributed by atoms with Crippen LogP contribution in [-0.4, -0.2) is 41.3 Å². The molecule has 0 aromatic carbocycles. The highest BCUT2D eigenvalue weighted by Crippen LogP contribution is 2.22. The quantitative estimate of drug-likeness (QED) is 0.766. The Kier molecular flexibility index (Phi) is 6.08. The minimum Gasteiger partial charge on any atom is -0.338 e. The van der Waals surface area contributed by atoms with Crippen molar-refractivity contribution < 1.29 is 17.4 Å². The molecule has 1 heterocycles. The fraction of sp³-hybridized carbons (Fsp3) is 0.909. The summed E-state index contributed by atoms with van der Waals surface area (Å²) in [7, 11) is 1.28. The van der Waals surface area contributed by atoms with Crippen LogP contribution in [0.2, 0.25) is 0 Å². The molecule has 0 aromatic heterocycles. The zero-order valence-corrected chi connectivity index (χ0v) is 11.5. The van der Waals surface area contributed by atoms with E-state index >= 15 is 0 Å². The summed E-state index contributed by atoms with van der Waals surface area (Å²) < 4.78 is 20.1. The van der Waals surface area contributed by atoms with Crippen molar-refractivity contribution in [2.75, 3.05) is 20.3 Å². The van der Waals surface area contributed by atoms with Gasteiger partial charge in [0.2, 0.25) is 5.91 Å². The maximum atomic E-state index is 11.9. The molecule has 0 spiro atoms. The molecule has 1 saturated heterocycles. The fourth-order valence-corrected chi connectivity index (χ4v) is 2.38. The van der Waals surface area contributed by atoms with Crippen LogP contribution in [0.4, 0.5) is 0 Å². The molecule has 3 atom stereocenters. The predicted octanol–water partition coefficient (Wildman–Crippen LogP) is 1.27. The van der Waals surface area contributed by atoms with Crippen LogP contribution in [0.25, 0.3) is 0 Å². The van der Waals surface area contributed by atoms with Gasteiger partial charge in [0.25, 0.3) is 0 Å². The summed E-state index contributed by atoms with van der Waals surface area (Å²) in [4.78, 5) is 13.8. The number of carbonyl (C=O) groups is 1. The zero-order chi connectivity index (χ0) is 12.8. The first-order valence-corrected chi connectivity index (χ1v) is 6.95. The molecule has 5 nitrogen and oxygen atoms in total. The Balaban J connectivity index is 2.51. The van der Waals surface area contributed by atoms with E-state index in [2.05, 4.69) is 18.0 Å². The van der Waals surface area contributed by atoms with Crippen molar-refractivity contribution in [3.63, 3.8) is 0 Å². The molecule has 1 aliphatic heterocycles. The highest BCUT2D eigenvalue weighted by Gasteiger charge is 2.27. The van der Waals surface area contributed by atoms with Crippen molar-refractivity contribution in [2.24, 2.45) is 5.92 Å². The van der Waals surface area contributed by atoms with Crippen LogP contribution in [0.1, 0.15) is 33.1 Å². The van der Waals surface area contributed by atoms with Gasteiger partial charge in [-0.25, -0.2) is 0 Å². The third-order valence-corrected chi connectivity index (χ3v) is 3.94. The average molecular weight is 263 g/mol. The van der Waals surface area contributed by atoms with E-state index < -0.39 is 11.4 Å². The monoisotopic (exact) mass is 263 g/mol. The summed E-state index contributed by atoms with van der Waals surface area (Å²) in [6.45, 7) is 4.79. The first-order chi connectivity index (χ1) is 8.06. The van der Waals surface area contributed by atoms with E-state index in [1.165, 1.54) is 7.11 Å². The van der Waals surface area contributed by atoms with Gasteiger partial charge in [-0.2, -0.15) is 4.21 Å². The van der Waals surface area contributed by atoms with Crippen LogP contribution in [0.5, 0.6) is 0 Å². The molecule has 0 saturated carbocycles. The van der Waals surface area contributed by atoms with Crippen LogP contribution < -0.4 is 0 Å². The minimum absolute atomic E-state index is 0.114. The molecule has 6 heteroatoms. The van der Waals surface area contributed by atoms with E-state index in [4.69, 9.17) is 4.18 Å². The van der Waals surface area contributed by atoms with Crippen molar-refractivity contribution in [3.8, 4) is 0 Å². The third kappa shape index (κ3) is 4.37. The second-order valence-corrected chi connectivity index (χ2v) is 5.41. The molecular formula is C11H21NO4S. The second kappa shape index (κ2) is 7.08. The van der Waals surface area contributed by atoms with Gasteiger partial charge in [0, 0.05) is 12.6 Å². The highest BCUT2D eigenvalue weighted by molar-refractivity contribution is 7.75. The number of hydrogen-bond donors (Lipinski definition) is 0. The Morgan fingerprint density at radius 3 is 2.76 bits per heavy atom. The Morgan fingerprint density at radius 2 is 2.12 bits per heavy atom. The summed E-state index contributed by atoms with van der Waals surface area (Å²) in [5, 5.41) is 0. The van der Waals surface area contributed by atoms with Gasteiger partial charge in [-0.3, -0.25) is 13.2 Å². The molecule has 1 rings (SSSR count). The molecule has 1 aliphatic rings. The van der Waals surface area contributed by atoms with Crippen LogP contribution in [0.3, 0.4) is 0 Å². The van der Waals surface area contributed by atoms with E-state index in [1.54, 1.807) is 0 Å². The molecular weight excluding hydrogens is 242 g/mol. The number of likely N-dealkylation sites (tertiary alicyclic amines) is 1. The van der Waals surface area contributed by atoms with E-state index in [-0.39, 0.29) is 18.6 Å². The lowest BCUT2D eigenvalue weighted by atomic mass is 9.98. The van der Waals surface area contributed by atoms with Gasteiger partial charge in [-0.1, -0.05) is 13.3 Å². The zero-order valence-electron chi connectivity index (χ0n) is 10.7. The molecule has 1 fully saturated rings. The lowest BCUT2D eigenvalue weighted by Gasteiger charge is -2.30. The lowest BCUT2D eigenvalue weighted by Crippen LogP contribution is -2.43. The second-order valence-electron chi connectivity index (χ2n) is 4.43. The molecule has 3 unspecified atom stereocenters. The predicted molar refractivity (Wildman–Crippen MR) is 65.3 cm³/mol. The number of hydrogen-bond acceptors (Lipinski definition) is 4. The molecule has 100 valence electrons. The summed E-state index contributed by atoms with van der Waals surface area (Å²) in [6, 6.07) is 0.213. The summed E-state index contributed by atoms with van der Waals surface area (Å²) >= 11 is -1.82. The SMILES string of the molecule is COS(=O)OCC(=O)N1CCCCC(C)C1C. The molecule has 0 bridgehead atoms. The van der Waals surface area contributed by atoms with Gasteiger partial charge in [-0.15, -0.1) is 0 Å². The van der Waals surface area contributed by atoms with Gasteiger partial charge in [0.15, 0.2) is 0 Å². The van der Waals surface area contributed by atoms with E-state index in [1.807, 2.05) is 4.90 Å². The Labute approximate surface area is 105 Å². The summed E-state index contributed by atoms with van der Waals surface area (Å²) in [5.74, 6) is 0.381. The minimum atomic E-state index is -1.82. The summed E-state index contributed by atoms with van der Waals surface area (Å²) in [6.07, 6.45) is 3.32. The number of rotatable bonds is 4. The number of amides is 1. The third-order valence-electron chi connectivity index (χ3n) is 3.36. The van der Waals surface area contributed by atoms with Crippen molar-refractivity contribution in [1.82, 2.24) is 4.90 Å². The smallest absolute Gasteiger partial charge is 0.304 e. The first kappa shape index (κ1) is 14.6. The van der Waals surface area contributed by atoms with E-state index in [0.29, 0.717) is 5.92 Å². The van der Waals surface area contributed by atoms with Crippen molar-refractivity contribution >= 4 is 17.3 Å². The van der Waals surface area contributed by atoms with Gasteiger partial charge in [0.05, 0.1) is 7.11 Å². The van der Waals surface area contributed by atoms with Crippen LogP contribution in [0, 0.1) is 5.92 Å². The number of nitrogens with zero attached hydrogens (tertiary/aromatic N) is 1. The molecule has 0 aliphatic carbocycles. The molecule has 0 aromatic rings. The van der Waals surface area contributed by atoms with E-state index in [9.17, 15) is 9.00 Å². The van der Waals surface area contributed by atoms with Crippen molar-refractivity contribution in [2.45, 2.75) is 39.2 Å². The Hall–Kier alpha value is -0.460. The van der Waals surface area contributed by atoms with Gasteiger partial charge >= 0.3 is 11.4 Å². The topological polar surface area (TPSA) is 55.8 Å². The first-order valence-electron chi connectivity index (χ1n) is 5.95. The Morgan fingerprint density at radius 1 is 1.41 bits per heavy atom. The molecule has 0 radical (unpaired) electrons. The lowest BCUT2D eigenvalue weighted by molar-refractivity contribution is -0.136. The maximum absolute atomic E-state index is 11.9. The van der Waals surface area contributed by atoms with Crippen LogP contribution in [0.15, 0.2) is 0 Å². The molecule has 17 heavy (non-hydrogen) atoms. The van der Waals surface area contributed by atoms with E-state index in [0.717, 1.165) is 25.8 Å². The number of carbonyl (C=O) groups excluding carboxylic acids is 1. The van der Waals surface area contributed by atoms with Crippen LogP contribution >= 0.6 is 0 Å². The molecule has 0 N–H and O–H groups in total. The largest absolute Gasteiger partial charge is 0.338 e. The summed E-state index contributed by atoms with van der Waals surface area (Å²) in [5.41, 5.74) is 0. The highest BCUT2D eigenvalue weighted by atomic mass is 32.2. The molecule has 1 amide bonds. The van der Waals surface area contributed by atoms with Gasteiger partial charge in [0.1, 0.15) is 6.61 Å². The van der Waals surface area contributed by atoms with Crippen LogP contribution in [-0.2, 0) is 24.5 Å². The average Bonchev–Trinajstić information content (AvgIpc) is 2.49. The van der Waals surface area contributed by atoms with Crippen molar-refractivity contribution in [1.29, 1.82) is 0 Å². The van der Waals surface area contributed by atoms with Gasteiger partial charge < -0.3 is 4.90 Å². The normalized spacial score (nSPS) is 27.6. The van der Waals surface area contributed by atoms with Crippen molar-refractivity contribution in [3.05, 3.63) is 0 Å².